The zero-order valence-electron chi connectivity index (χ0n) is 12.0. The van der Waals surface area contributed by atoms with Crippen LogP contribution in [0.1, 0.15) is 36.0 Å². The maximum Gasteiger partial charge on any atom is 0.339 e. The van der Waals surface area contributed by atoms with Crippen LogP contribution in [0.3, 0.4) is 0 Å². The minimum absolute atomic E-state index is 0.00273. The number of ether oxygens (including phenoxy) is 1. The standard InChI is InChI=1S/C14H15ClN2O4S/c1-21-14(18)9-7-12-11(8-10(9)15)17-6-4-2-3-5-13(17)16-22(12,19)20/h7-8H,2-6H2,1H3. The van der Waals surface area contributed by atoms with Gasteiger partial charge in [-0.1, -0.05) is 18.0 Å². The zero-order chi connectivity index (χ0) is 15.9. The lowest BCUT2D eigenvalue weighted by Crippen LogP contribution is -2.35. The first kappa shape index (κ1) is 15.3. The van der Waals surface area contributed by atoms with E-state index in [4.69, 9.17) is 11.6 Å². The molecule has 0 saturated carbocycles. The first-order chi connectivity index (χ1) is 10.4. The largest absolute Gasteiger partial charge is 0.465 e. The molecule has 22 heavy (non-hydrogen) atoms. The maximum atomic E-state index is 12.4. The van der Waals surface area contributed by atoms with Gasteiger partial charge in [0.05, 0.1) is 23.4 Å². The Bertz CT molecular complexity index is 773. The summed E-state index contributed by atoms with van der Waals surface area (Å²) < 4.78 is 33.4. The lowest BCUT2D eigenvalue weighted by Gasteiger charge is -2.30. The van der Waals surface area contributed by atoms with Gasteiger partial charge in [0.25, 0.3) is 10.0 Å². The molecule has 0 unspecified atom stereocenters. The van der Waals surface area contributed by atoms with E-state index in [1.807, 2.05) is 4.90 Å². The van der Waals surface area contributed by atoms with Crippen molar-refractivity contribution in [1.82, 2.24) is 0 Å². The van der Waals surface area contributed by atoms with Crippen molar-refractivity contribution in [2.24, 2.45) is 4.40 Å². The Balaban J connectivity index is 2.21. The van der Waals surface area contributed by atoms with Crippen molar-refractivity contribution in [3.8, 4) is 0 Å². The summed E-state index contributed by atoms with van der Waals surface area (Å²) in [5.74, 6) is -0.125. The number of carbonyl (C=O) groups is 1. The van der Waals surface area contributed by atoms with E-state index >= 15 is 0 Å². The molecule has 6 nitrogen and oxygen atoms in total. The molecule has 8 heteroatoms. The van der Waals surface area contributed by atoms with E-state index in [2.05, 4.69) is 9.13 Å². The Morgan fingerprint density at radius 1 is 1.32 bits per heavy atom. The second-order valence-electron chi connectivity index (χ2n) is 5.24. The molecule has 0 N–H and O–H groups in total. The SMILES string of the molecule is COC(=O)c1cc2c(cc1Cl)N1CCCCCC1=NS2(=O)=O. The van der Waals surface area contributed by atoms with Gasteiger partial charge in [-0.05, 0) is 25.0 Å². The molecule has 1 fully saturated rings. The highest BCUT2D eigenvalue weighted by Gasteiger charge is 2.33. The normalized spacial score (nSPS) is 19.5. The number of sulfonamides is 1. The molecule has 0 spiro atoms. The van der Waals surface area contributed by atoms with Crippen LogP contribution < -0.4 is 4.90 Å². The summed E-state index contributed by atoms with van der Waals surface area (Å²) >= 11 is 6.14. The number of halogens is 1. The first-order valence-corrected chi connectivity index (χ1v) is 8.79. The van der Waals surface area contributed by atoms with Gasteiger partial charge in [0.2, 0.25) is 0 Å². The van der Waals surface area contributed by atoms with E-state index in [-0.39, 0.29) is 15.5 Å². The maximum absolute atomic E-state index is 12.4. The third-order valence-corrected chi connectivity index (χ3v) is 5.49. The van der Waals surface area contributed by atoms with Gasteiger partial charge >= 0.3 is 5.97 Å². The second-order valence-corrected chi connectivity index (χ2v) is 7.22. The van der Waals surface area contributed by atoms with Gasteiger partial charge in [0.1, 0.15) is 10.7 Å². The molecule has 2 aliphatic rings. The molecular formula is C14H15ClN2O4S. The van der Waals surface area contributed by atoms with Crippen LogP contribution in [0.15, 0.2) is 21.4 Å². The predicted octanol–water partition coefficient (Wildman–Crippen LogP) is 2.61. The molecule has 0 aliphatic carbocycles. The number of methoxy groups -OCH3 is 1. The van der Waals surface area contributed by atoms with Crippen molar-refractivity contribution in [2.45, 2.75) is 30.6 Å². The molecule has 0 atom stereocenters. The van der Waals surface area contributed by atoms with Gasteiger partial charge in [-0.3, -0.25) is 0 Å². The zero-order valence-corrected chi connectivity index (χ0v) is 13.6. The van der Waals surface area contributed by atoms with Crippen molar-refractivity contribution in [2.75, 3.05) is 18.6 Å². The van der Waals surface area contributed by atoms with E-state index in [0.29, 0.717) is 24.5 Å². The summed E-state index contributed by atoms with van der Waals surface area (Å²) in [6.07, 6.45) is 3.51. The summed E-state index contributed by atoms with van der Waals surface area (Å²) in [5.41, 5.74) is 0.518. The first-order valence-electron chi connectivity index (χ1n) is 6.97. The average molecular weight is 343 g/mol. The fourth-order valence-corrected chi connectivity index (χ4v) is 4.26. The number of rotatable bonds is 1. The molecule has 0 bridgehead atoms. The third-order valence-electron chi connectivity index (χ3n) is 3.84. The van der Waals surface area contributed by atoms with E-state index < -0.39 is 16.0 Å². The van der Waals surface area contributed by atoms with Crippen LogP contribution >= 0.6 is 11.6 Å². The number of nitrogens with zero attached hydrogens (tertiary/aromatic N) is 2. The topological polar surface area (TPSA) is 76.0 Å². The van der Waals surface area contributed by atoms with Crippen LogP contribution in [0.25, 0.3) is 0 Å². The van der Waals surface area contributed by atoms with E-state index in [0.717, 1.165) is 19.3 Å². The summed E-state index contributed by atoms with van der Waals surface area (Å²) in [6, 6.07) is 2.77. The number of anilines is 1. The van der Waals surface area contributed by atoms with E-state index in [9.17, 15) is 13.2 Å². The minimum atomic E-state index is -3.83. The third kappa shape index (κ3) is 2.48. The number of amidine groups is 1. The molecule has 1 aromatic carbocycles. The highest BCUT2D eigenvalue weighted by Crippen LogP contribution is 2.37. The van der Waals surface area contributed by atoms with Gasteiger partial charge in [-0.2, -0.15) is 8.42 Å². The minimum Gasteiger partial charge on any atom is -0.465 e. The van der Waals surface area contributed by atoms with Crippen LogP contribution in [0, 0.1) is 0 Å². The van der Waals surface area contributed by atoms with Gasteiger partial charge < -0.3 is 9.64 Å². The lowest BCUT2D eigenvalue weighted by molar-refractivity contribution is 0.0600. The number of benzene rings is 1. The number of hydrogen-bond acceptors (Lipinski definition) is 5. The Morgan fingerprint density at radius 3 is 2.82 bits per heavy atom. The van der Waals surface area contributed by atoms with Crippen LogP contribution in [0.5, 0.6) is 0 Å². The number of fused-ring (bicyclic) bond motifs is 3. The lowest BCUT2D eigenvalue weighted by atomic mass is 10.1. The van der Waals surface area contributed by atoms with Gasteiger partial charge in [-0.25, -0.2) is 4.79 Å². The van der Waals surface area contributed by atoms with Crippen molar-refractivity contribution < 1.29 is 17.9 Å². The van der Waals surface area contributed by atoms with Gasteiger partial charge in [0.15, 0.2) is 0 Å². The number of carbonyl (C=O) groups excluding carboxylic acids is 1. The Labute approximate surface area is 133 Å². The Kier molecular flexibility index (Phi) is 3.86. The molecule has 2 aliphatic heterocycles. The smallest absolute Gasteiger partial charge is 0.339 e. The number of hydrogen-bond donors (Lipinski definition) is 0. The molecular weight excluding hydrogens is 328 g/mol. The summed E-state index contributed by atoms with van der Waals surface area (Å²) in [5, 5.41) is 0.172. The highest BCUT2D eigenvalue weighted by atomic mass is 35.5. The van der Waals surface area contributed by atoms with Crippen molar-refractivity contribution in [1.29, 1.82) is 0 Å². The monoisotopic (exact) mass is 342 g/mol. The highest BCUT2D eigenvalue weighted by molar-refractivity contribution is 7.90. The van der Waals surface area contributed by atoms with Crippen molar-refractivity contribution >= 4 is 39.1 Å². The summed E-state index contributed by atoms with van der Waals surface area (Å²) in [6.45, 7) is 0.690. The fraction of sp³-hybridized carbons (Fsp3) is 0.429. The van der Waals surface area contributed by atoms with E-state index in [1.165, 1.54) is 19.2 Å². The summed E-state index contributed by atoms with van der Waals surface area (Å²) in [7, 11) is -2.61. The van der Waals surface area contributed by atoms with Crippen LogP contribution in [-0.2, 0) is 14.8 Å². The summed E-state index contributed by atoms with van der Waals surface area (Å²) in [4.78, 5) is 13.6. The van der Waals surface area contributed by atoms with Gasteiger partial charge in [-0.15, -0.1) is 4.40 Å². The molecule has 2 heterocycles. The van der Waals surface area contributed by atoms with E-state index in [1.54, 1.807) is 0 Å². The number of esters is 1. The van der Waals surface area contributed by atoms with Crippen LogP contribution in [-0.4, -0.2) is 33.9 Å². The molecule has 118 valence electrons. The van der Waals surface area contributed by atoms with Crippen molar-refractivity contribution in [3.05, 3.63) is 22.7 Å². The molecule has 1 aromatic rings. The average Bonchev–Trinajstić information content (AvgIpc) is 2.70. The molecule has 3 rings (SSSR count). The molecule has 0 amide bonds. The predicted molar refractivity (Wildman–Crippen MR) is 83.2 cm³/mol. The fourth-order valence-electron chi connectivity index (χ4n) is 2.76. The van der Waals surface area contributed by atoms with Crippen LogP contribution in [0.4, 0.5) is 5.69 Å². The second kappa shape index (κ2) is 5.55. The van der Waals surface area contributed by atoms with Crippen LogP contribution in [0.2, 0.25) is 5.02 Å². The Hall–Kier alpha value is -1.60. The quantitative estimate of drug-likeness (QED) is 0.733. The molecule has 0 radical (unpaired) electrons. The molecule has 1 saturated heterocycles. The molecule has 0 aromatic heterocycles. The van der Waals surface area contributed by atoms with Crippen molar-refractivity contribution in [3.63, 3.8) is 0 Å². The van der Waals surface area contributed by atoms with Gasteiger partial charge in [0, 0.05) is 13.0 Å². The Morgan fingerprint density at radius 2 is 2.09 bits per heavy atom.